The quantitative estimate of drug-likeness (QED) is 0.692. The van der Waals surface area contributed by atoms with Crippen LogP contribution >= 0.6 is 11.6 Å². The largest absolute Gasteiger partial charge is 0.264 e. The number of benzene rings is 1. The molecule has 1 aromatic heterocycles. The van der Waals surface area contributed by atoms with Crippen LogP contribution in [-0.4, -0.2) is 4.98 Å². The first-order chi connectivity index (χ1) is 10.1. The van der Waals surface area contributed by atoms with Gasteiger partial charge in [-0.25, -0.2) is 4.39 Å². The van der Waals surface area contributed by atoms with E-state index in [1.54, 1.807) is 19.2 Å². The minimum atomic E-state index is -0.616. The van der Waals surface area contributed by atoms with Crippen LogP contribution in [0, 0.1) is 18.7 Å². The average molecular weight is 304 g/mol. The number of halogens is 2. The second-order valence-electron chi connectivity index (χ2n) is 5.99. The molecule has 1 fully saturated rings. The second-order valence-corrected chi connectivity index (χ2v) is 6.63. The molecule has 0 aliphatic heterocycles. The average Bonchev–Trinajstić information content (AvgIpc) is 3.33. The summed E-state index contributed by atoms with van der Waals surface area (Å²) in [6.45, 7) is 1.78. The van der Waals surface area contributed by atoms with Crippen LogP contribution in [0.25, 0.3) is 0 Å². The maximum Gasteiger partial charge on any atom is 0.126 e. The summed E-state index contributed by atoms with van der Waals surface area (Å²) in [5.74, 6) is 0.618. The van der Waals surface area contributed by atoms with E-state index in [1.807, 2.05) is 24.4 Å². The van der Waals surface area contributed by atoms with Gasteiger partial charge in [0.25, 0.3) is 0 Å². The van der Waals surface area contributed by atoms with Crippen LogP contribution in [0.3, 0.4) is 0 Å². The Kier molecular flexibility index (Phi) is 3.99. The number of alkyl halides is 1. The molecule has 0 saturated heterocycles. The highest BCUT2D eigenvalue weighted by molar-refractivity contribution is 6.26. The third kappa shape index (κ3) is 3.11. The van der Waals surface area contributed by atoms with Gasteiger partial charge in [0.1, 0.15) is 5.82 Å². The van der Waals surface area contributed by atoms with E-state index in [2.05, 4.69) is 4.98 Å². The zero-order valence-corrected chi connectivity index (χ0v) is 12.9. The zero-order chi connectivity index (χ0) is 14.9. The monoisotopic (exact) mass is 303 g/mol. The Balaban J connectivity index is 1.99. The van der Waals surface area contributed by atoms with Crippen molar-refractivity contribution in [3.05, 3.63) is 65.2 Å². The summed E-state index contributed by atoms with van der Waals surface area (Å²) in [7, 11) is 0. The molecule has 1 unspecified atom stereocenters. The number of hydrogen-bond donors (Lipinski definition) is 0. The molecule has 1 aliphatic carbocycles. The lowest BCUT2D eigenvalue weighted by molar-refractivity contribution is 0.565. The first-order valence-corrected chi connectivity index (χ1v) is 7.83. The number of pyridine rings is 1. The third-order valence-corrected chi connectivity index (χ3v) is 4.95. The molecule has 1 aromatic carbocycles. The first-order valence-electron chi connectivity index (χ1n) is 7.45. The van der Waals surface area contributed by atoms with Crippen molar-refractivity contribution in [3.63, 3.8) is 0 Å². The summed E-state index contributed by atoms with van der Waals surface area (Å²) in [6, 6.07) is 9.08. The fourth-order valence-electron chi connectivity index (χ4n) is 2.75. The van der Waals surface area contributed by atoms with Crippen LogP contribution in [0.4, 0.5) is 4.39 Å². The molecule has 3 heteroatoms. The maximum atomic E-state index is 13.6. The Morgan fingerprint density at radius 3 is 2.71 bits per heavy atom. The molecular formula is C18H19ClFN. The van der Waals surface area contributed by atoms with E-state index in [1.165, 1.54) is 18.9 Å². The van der Waals surface area contributed by atoms with Crippen LogP contribution in [0.5, 0.6) is 0 Å². The molecule has 0 radical (unpaired) electrons. The molecule has 3 rings (SSSR count). The van der Waals surface area contributed by atoms with Crippen molar-refractivity contribution >= 4 is 11.6 Å². The Bertz CT molecular complexity index is 624. The molecule has 1 aliphatic rings. The molecule has 0 spiro atoms. The highest BCUT2D eigenvalue weighted by Crippen LogP contribution is 2.45. The van der Waals surface area contributed by atoms with Crippen molar-refractivity contribution in [1.29, 1.82) is 0 Å². The van der Waals surface area contributed by atoms with Gasteiger partial charge < -0.3 is 0 Å². The molecule has 1 heterocycles. The molecule has 1 saturated carbocycles. The Morgan fingerprint density at radius 2 is 2.10 bits per heavy atom. The summed E-state index contributed by atoms with van der Waals surface area (Å²) in [5, 5.41) is 0. The predicted molar refractivity (Wildman–Crippen MR) is 84.0 cm³/mol. The highest BCUT2D eigenvalue weighted by Gasteiger charge is 2.34. The minimum Gasteiger partial charge on any atom is -0.264 e. The van der Waals surface area contributed by atoms with Crippen molar-refractivity contribution in [2.75, 3.05) is 0 Å². The van der Waals surface area contributed by atoms with Gasteiger partial charge in [-0.1, -0.05) is 31.0 Å². The molecule has 2 aromatic rings. The van der Waals surface area contributed by atoms with Gasteiger partial charge in [-0.2, -0.15) is 0 Å². The van der Waals surface area contributed by atoms with Crippen molar-refractivity contribution in [2.45, 2.75) is 37.5 Å². The van der Waals surface area contributed by atoms with Crippen molar-refractivity contribution in [1.82, 2.24) is 4.98 Å². The highest BCUT2D eigenvalue weighted by atomic mass is 35.5. The van der Waals surface area contributed by atoms with Crippen molar-refractivity contribution in [3.8, 4) is 0 Å². The molecule has 1 atom stereocenters. The van der Waals surface area contributed by atoms with E-state index in [4.69, 9.17) is 11.6 Å². The summed E-state index contributed by atoms with van der Waals surface area (Å²) in [4.78, 5) is 3.58. The molecule has 0 bridgehead atoms. The van der Waals surface area contributed by atoms with Gasteiger partial charge in [-0.3, -0.25) is 4.98 Å². The topological polar surface area (TPSA) is 12.9 Å². The fourth-order valence-corrected chi connectivity index (χ4v) is 3.09. The molecule has 110 valence electrons. The molecule has 0 amide bonds. The summed E-state index contributed by atoms with van der Waals surface area (Å²) < 4.78 is 13.6. The van der Waals surface area contributed by atoms with Crippen LogP contribution in [0.2, 0.25) is 0 Å². The van der Waals surface area contributed by atoms with Gasteiger partial charge in [0.15, 0.2) is 0 Å². The van der Waals surface area contributed by atoms with Crippen LogP contribution in [-0.2, 0) is 4.87 Å². The van der Waals surface area contributed by atoms with Gasteiger partial charge in [-0.05, 0) is 54.5 Å². The number of aromatic nitrogens is 1. The number of rotatable bonds is 5. The second kappa shape index (κ2) is 5.76. The minimum absolute atomic E-state index is 0.189. The van der Waals surface area contributed by atoms with Crippen molar-refractivity contribution in [2.24, 2.45) is 5.92 Å². The Labute approximate surface area is 130 Å². The smallest absolute Gasteiger partial charge is 0.126 e. The maximum absolute atomic E-state index is 13.6. The summed E-state index contributed by atoms with van der Waals surface area (Å²) in [6.07, 6.45) is 8.14. The lowest BCUT2D eigenvalue weighted by atomic mass is 9.86. The van der Waals surface area contributed by atoms with Gasteiger partial charge >= 0.3 is 0 Å². The summed E-state index contributed by atoms with van der Waals surface area (Å²) >= 11 is 7.02. The van der Waals surface area contributed by atoms with Gasteiger partial charge in [0.2, 0.25) is 0 Å². The van der Waals surface area contributed by atoms with Crippen LogP contribution in [0.15, 0.2) is 42.7 Å². The standard InChI is InChI=1S/C18H19ClFN/c1-13-11-15(6-7-17(13)20)18(19,9-8-14-4-5-14)16-3-2-10-21-12-16/h2-3,6-7,10-12,14H,4-5,8-9H2,1H3. The number of nitrogens with zero attached hydrogens (tertiary/aromatic N) is 1. The predicted octanol–water partition coefficient (Wildman–Crippen LogP) is 5.20. The van der Waals surface area contributed by atoms with Crippen LogP contribution in [0.1, 0.15) is 42.4 Å². The van der Waals surface area contributed by atoms with E-state index >= 15 is 0 Å². The fraction of sp³-hybridized carbons (Fsp3) is 0.389. The lowest BCUT2D eigenvalue weighted by Crippen LogP contribution is -2.21. The van der Waals surface area contributed by atoms with E-state index in [9.17, 15) is 4.39 Å². The molecule has 21 heavy (non-hydrogen) atoms. The molecular weight excluding hydrogens is 285 g/mol. The van der Waals surface area contributed by atoms with Gasteiger partial charge in [0.05, 0.1) is 4.87 Å². The first kappa shape index (κ1) is 14.5. The SMILES string of the molecule is Cc1cc(C(Cl)(CCC2CC2)c2cccnc2)ccc1F. The normalized spacial score (nSPS) is 17.5. The third-order valence-electron chi connectivity index (χ3n) is 4.33. The summed E-state index contributed by atoms with van der Waals surface area (Å²) in [5.41, 5.74) is 2.57. The number of hydrogen-bond acceptors (Lipinski definition) is 1. The molecule has 1 nitrogen and oxygen atoms in total. The zero-order valence-electron chi connectivity index (χ0n) is 12.2. The van der Waals surface area contributed by atoms with Gasteiger partial charge in [-0.15, -0.1) is 11.6 Å². The van der Waals surface area contributed by atoms with E-state index in [-0.39, 0.29) is 5.82 Å². The van der Waals surface area contributed by atoms with Crippen LogP contribution < -0.4 is 0 Å². The lowest BCUT2D eigenvalue weighted by Gasteiger charge is -2.28. The Morgan fingerprint density at radius 1 is 1.29 bits per heavy atom. The van der Waals surface area contributed by atoms with E-state index in [0.29, 0.717) is 5.56 Å². The van der Waals surface area contributed by atoms with Crippen molar-refractivity contribution < 1.29 is 4.39 Å². The Hall–Kier alpha value is -1.41. The van der Waals surface area contributed by atoms with Gasteiger partial charge in [0, 0.05) is 12.4 Å². The number of aryl methyl sites for hydroxylation is 1. The van der Waals surface area contributed by atoms with E-state index < -0.39 is 4.87 Å². The van der Waals surface area contributed by atoms with E-state index in [0.717, 1.165) is 29.9 Å². The molecule has 0 N–H and O–H groups in total.